The molecular weight excluding hydrogens is 200 g/mol. The van der Waals surface area contributed by atoms with E-state index in [0.29, 0.717) is 18.6 Å². The summed E-state index contributed by atoms with van der Waals surface area (Å²) < 4.78 is 30.7. The van der Waals surface area contributed by atoms with Crippen molar-refractivity contribution in [1.82, 2.24) is 0 Å². The topological polar surface area (TPSA) is 35.2 Å². The van der Waals surface area contributed by atoms with Crippen LogP contribution in [0, 0.1) is 11.6 Å². The molecule has 2 N–H and O–H groups in total. The number of ether oxygens (including phenoxy) is 1. The van der Waals surface area contributed by atoms with Crippen LogP contribution >= 0.6 is 0 Å². The van der Waals surface area contributed by atoms with Crippen molar-refractivity contribution in [3.8, 4) is 0 Å². The van der Waals surface area contributed by atoms with E-state index in [0.717, 1.165) is 12.5 Å². The normalized spacial score (nSPS) is 12.8. The fraction of sp³-hybridized carbons (Fsp3) is 0.455. The first-order chi connectivity index (χ1) is 7.15. The lowest BCUT2D eigenvalue weighted by Crippen LogP contribution is -2.13. The van der Waals surface area contributed by atoms with Crippen molar-refractivity contribution in [2.24, 2.45) is 5.73 Å². The van der Waals surface area contributed by atoms with Gasteiger partial charge in [0.2, 0.25) is 0 Å². The Bertz CT molecular complexity index is 317. The molecule has 0 bridgehead atoms. The SMILES string of the molecule is COCCCC(N)c1ccc(F)cc1F. The van der Waals surface area contributed by atoms with Gasteiger partial charge in [-0.2, -0.15) is 0 Å². The number of rotatable bonds is 5. The molecule has 84 valence electrons. The van der Waals surface area contributed by atoms with Gasteiger partial charge < -0.3 is 10.5 Å². The third-order valence-electron chi connectivity index (χ3n) is 2.23. The van der Waals surface area contributed by atoms with Gasteiger partial charge >= 0.3 is 0 Å². The number of hydrogen-bond acceptors (Lipinski definition) is 2. The molecule has 1 atom stereocenters. The molecule has 1 unspecified atom stereocenters. The van der Waals surface area contributed by atoms with Crippen LogP contribution in [0.4, 0.5) is 8.78 Å². The summed E-state index contributed by atoms with van der Waals surface area (Å²) in [5.74, 6) is -1.17. The number of halogens is 2. The Balaban J connectivity index is 2.61. The van der Waals surface area contributed by atoms with Crippen molar-refractivity contribution in [2.45, 2.75) is 18.9 Å². The molecule has 0 aliphatic heterocycles. The first-order valence-corrected chi connectivity index (χ1v) is 4.84. The number of benzene rings is 1. The molecule has 2 nitrogen and oxygen atoms in total. The van der Waals surface area contributed by atoms with Gasteiger partial charge in [0.1, 0.15) is 11.6 Å². The molecule has 0 aliphatic carbocycles. The average molecular weight is 215 g/mol. The summed E-state index contributed by atoms with van der Waals surface area (Å²) >= 11 is 0. The molecule has 0 amide bonds. The van der Waals surface area contributed by atoms with Gasteiger partial charge in [0.05, 0.1) is 0 Å². The quantitative estimate of drug-likeness (QED) is 0.765. The van der Waals surface area contributed by atoms with Crippen LogP contribution in [0.1, 0.15) is 24.4 Å². The summed E-state index contributed by atoms with van der Waals surface area (Å²) in [6.45, 7) is 0.594. The van der Waals surface area contributed by atoms with E-state index < -0.39 is 17.7 Å². The van der Waals surface area contributed by atoms with Crippen LogP contribution in [-0.4, -0.2) is 13.7 Å². The zero-order chi connectivity index (χ0) is 11.3. The molecular formula is C11H15F2NO. The standard InChI is InChI=1S/C11H15F2NO/c1-15-6-2-3-11(14)9-5-4-8(12)7-10(9)13/h4-5,7,11H,2-3,6,14H2,1H3. The largest absolute Gasteiger partial charge is 0.385 e. The molecule has 0 spiro atoms. The minimum absolute atomic E-state index is 0.354. The maximum Gasteiger partial charge on any atom is 0.130 e. The fourth-order valence-corrected chi connectivity index (χ4v) is 1.41. The van der Waals surface area contributed by atoms with Crippen LogP contribution < -0.4 is 5.73 Å². The summed E-state index contributed by atoms with van der Waals surface area (Å²) in [6.07, 6.45) is 1.38. The minimum atomic E-state index is -0.583. The molecule has 4 heteroatoms. The van der Waals surface area contributed by atoms with E-state index in [9.17, 15) is 8.78 Å². The van der Waals surface area contributed by atoms with Gasteiger partial charge in [-0.3, -0.25) is 0 Å². The van der Waals surface area contributed by atoms with Gasteiger partial charge in [0, 0.05) is 31.4 Å². The molecule has 1 aromatic carbocycles. The molecule has 0 saturated heterocycles. The Morgan fingerprint density at radius 2 is 2.13 bits per heavy atom. The number of hydrogen-bond donors (Lipinski definition) is 1. The van der Waals surface area contributed by atoms with Crippen LogP contribution in [0.15, 0.2) is 18.2 Å². The lowest BCUT2D eigenvalue weighted by atomic mass is 10.0. The highest BCUT2D eigenvalue weighted by atomic mass is 19.1. The monoisotopic (exact) mass is 215 g/mol. The van der Waals surface area contributed by atoms with E-state index in [2.05, 4.69) is 0 Å². The van der Waals surface area contributed by atoms with Crippen molar-refractivity contribution < 1.29 is 13.5 Å². The van der Waals surface area contributed by atoms with Gasteiger partial charge in [0.25, 0.3) is 0 Å². The Labute approximate surface area is 88.0 Å². The van der Waals surface area contributed by atoms with Crippen LogP contribution in [-0.2, 0) is 4.74 Å². The lowest BCUT2D eigenvalue weighted by Gasteiger charge is -2.12. The molecule has 0 radical (unpaired) electrons. The minimum Gasteiger partial charge on any atom is -0.385 e. The summed E-state index contributed by atoms with van der Waals surface area (Å²) in [5.41, 5.74) is 6.12. The summed E-state index contributed by atoms with van der Waals surface area (Å²) in [6, 6.07) is 3.06. The fourth-order valence-electron chi connectivity index (χ4n) is 1.41. The second kappa shape index (κ2) is 5.78. The second-order valence-electron chi connectivity index (χ2n) is 3.41. The maximum absolute atomic E-state index is 13.3. The molecule has 0 aliphatic rings. The Morgan fingerprint density at radius 3 is 2.73 bits per heavy atom. The van der Waals surface area contributed by atoms with Crippen molar-refractivity contribution >= 4 is 0 Å². The van der Waals surface area contributed by atoms with Gasteiger partial charge in [-0.25, -0.2) is 8.78 Å². The molecule has 1 aromatic rings. The van der Waals surface area contributed by atoms with E-state index in [-0.39, 0.29) is 0 Å². The maximum atomic E-state index is 13.3. The summed E-state index contributed by atoms with van der Waals surface area (Å²) in [7, 11) is 1.60. The highest BCUT2D eigenvalue weighted by molar-refractivity contribution is 5.21. The van der Waals surface area contributed by atoms with Crippen LogP contribution in [0.2, 0.25) is 0 Å². The molecule has 0 fully saturated rings. The predicted molar refractivity (Wildman–Crippen MR) is 54.4 cm³/mol. The highest BCUT2D eigenvalue weighted by Crippen LogP contribution is 2.19. The lowest BCUT2D eigenvalue weighted by molar-refractivity contribution is 0.190. The average Bonchev–Trinajstić information content (AvgIpc) is 2.17. The van der Waals surface area contributed by atoms with Crippen LogP contribution in [0.3, 0.4) is 0 Å². The first kappa shape index (κ1) is 12.1. The summed E-state index contributed by atoms with van der Waals surface area (Å²) in [5, 5.41) is 0. The summed E-state index contributed by atoms with van der Waals surface area (Å²) in [4.78, 5) is 0. The predicted octanol–water partition coefficient (Wildman–Crippen LogP) is 2.39. The van der Waals surface area contributed by atoms with Gasteiger partial charge in [0.15, 0.2) is 0 Å². The van der Waals surface area contributed by atoms with Crippen molar-refractivity contribution in [3.63, 3.8) is 0 Å². The van der Waals surface area contributed by atoms with E-state index >= 15 is 0 Å². The number of methoxy groups -OCH3 is 1. The van der Waals surface area contributed by atoms with Gasteiger partial charge in [-0.05, 0) is 18.9 Å². The van der Waals surface area contributed by atoms with Crippen molar-refractivity contribution in [3.05, 3.63) is 35.4 Å². The van der Waals surface area contributed by atoms with Crippen molar-refractivity contribution in [1.29, 1.82) is 0 Å². The van der Waals surface area contributed by atoms with E-state index in [1.807, 2.05) is 0 Å². The van der Waals surface area contributed by atoms with E-state index in [1.165, 1.54) is 12.1 Å². The smallest absolute Gasteiger partial charge is 0.130 e. The van der Waals surface area contributed by atoms with Crippen LogP contribution in [0.5, 0.6) is 0 Å². The first-order valence-electron chi connectivity index (χ1n) is 4.84. The highest BCUT2D eigenvalue weighted by Gasteiger charge is 2.11. The Kier molecular flexibility index (Phi) is 4.65. The van der Waals surface area contributed by atoms with Gasteiger partial charge in [-0.15, -0.1) is 0 Å². The zero-order valence-electron chi connectivity index (χ0n) is 8.67. The Hall–Kier alpha value is -1.00. The Morgan fingerprint density at radius 1 is 1.40 bits per heavy atom. The van der Waals surface area contributed by atoms with E-state index in [4.69, 9.17) is 10.5 Å². The third kappa shape index (κ3) is 3.57. The number of nitrogens with two attached hydrogens (primary N) is 1. The molecule has 0 aromatic heterocycles. The third-order valence-corrected chi connectivity index (χ3v) is 2.23. The van der Waals surface area contributed by atoms with E-state index in [1.54, 1.807) is 7.11 Å². The van der Waals surface area contributed by atoms with Gasteiger partial charge in [-0.1, -0.05) is 6.07 Å². The molecule has 0 heterocycles. The van der Waals surface area contributed by atoms with Crippen molar-refractivity contribution in [2.75, 3.05) is 13.7 Å². The molecule has 0 saturated carbocycles. The van der Waals surface area contributed by atoms with Crippen LogP contribution in [0.25, 0.3) is 0 Å². The molecule has 15 heavy (non-hydrogen) atoms. The second-order valence-corrected chi connectivity index (χ2v) is 3.41. The molecule has 1 rings (SSSR count). The zero-order valence-corrected chi connectivity index (χ0v) is 8.67.